The van der Waals surface area contributed by atoms with Crippen LogP contribution in [-0.4, -0.2) is 24.7 Å². The van der Waals surface area contributed by atoms with Crippen molar-refractivity contribution in [1.29, 1.82) is 0 Å². The van der Waals surface area contributed by atoms with Crippen LogP contribution in [0.4, 0.5) is 5.69 Å². The van der Waals surface area contributed by atoms with Gasteiger partial charge in [-0.05, 0) is 37.7 Å². The van der Waals surface area contributed by atoms with E-state index in [1.165, 1.54) is 0 Å². The average molecular weight is 347 g/mol. The number of hydrogen-bond donors (Lipinski definition) is 0. The van der Waals surface area contributed by atoms with E-state index in [0.29, 0.717) is 0 Å². The molecule has 0 aliphatic rings. The first-order valence-corrected chi connectivity index (χ1v) is 10.5. The van der Waals surface area contributed by atoms with Crippen LogP contribution in [-0.2, 0) is 0 Å². The fourth-order valence-corrected chi connectivity index (χ4v) is 3.04. The first kappa shape index (κ1) is 17.0. The molecule has 0 fully saturated rings. The molecule has 25 heavy (non-hydrogen) atoms. The van der Waals surface area contributed by atoms with Crippen LogP contribution in [0.15, 0.2) is 72.1 Å². The normalized spacial score (nSPS) is 11.6. The van der Waals surface area contributed by atoms with Gasteiger partial charge in [0.1, 0.15) is 17.1 Å². The van der Waals surface area contributed by atoms with E-state index in [-0.39, 0.29) is 1.43 Å². The Kier molecular flexibility index (Phi) is 5.35. The maximum atomic E-state index is 6.03. The molecular formula is C20H21N3OSi+. The van der Waals surface area contributed by atoms with E-state index in [9.17, 15) is 0 Å². The number of rotatable bonds is 5. The molecule has 0 unspecified atom stereocenters. The van der Waals surface area contributed by atoms with Crippen LogP contribution in [0.3, 0.4) is 0 Å². The van der Waals surface area contributed by atoms with E-state index in [0.717, 1.165) is 34.0 Å². The minimum absolute atomic E-state index is 0. The van der Waals surface area contributed by atoms with Gasteiger partial charge in [0.25, 0.3) is 9.04 Å². The molecule has 1 radical (unpaired) electrons. The molecule has 1 heterocycles. The van der Waals surface area contributed by atoms with Gasteiger partial charge in [0, 0.05) is 18.0 Å². The summed E-state index contributed by atoms with van der Waals surface area (Å²) >= 11 is 0. The number of benzene rings is 2. The summed E-state index contributed by atoms with van der Waals surface area (Å²) < 4.78 is 6.03. The minimum Gasteiger partial charge on any atom is -0.541 e. The van der Waals surface area contributed by atoms with Crippen LogP contribution in [0.25, 0.3) is 0 Å². The SMILES string of the molecule is Cc1ccc(O[Si](C)C)c(N=C(c2ccccc2)c2cnccn2)c1.[H+]. The summed E-state index contributed by atoms with van der Waals surface area (Å²) in [6.45, 7) is 6.27. The van der Waals surface area contributed by atoms with Gasteiger partial charge in [0.2, 0.25) is 0 Å². The molecular weight excluding hydrogens is 326 g/mol. The molecule has 2 aromatic carbocycles. The molecule has 0 N–H and O–H groups in total. The second-order valence-electron chi connectivity index (χ2n) is 5.90. The van der Waals surface area contributed by atoms with E-state index in [1.807, 2.05) is 48.5 Å². The van der Waals surface area contributed by atoms with Gasteiger partial charge in [-0.25, -0.2) is 4.99 Å². The summed E-state index contributed by atoms with van der Waals surface area (Å²) in [5.74, 6) is 0.807. The van der Waals surface area contributed by atoms with Crippen molar-refractivity contribution in [3.05, 3.63) is 83.9 Å². The molecule has 0 bridgehead atoms. The Morgan fingerprint density at radius 1 is 1.08 bits per heavy atom. The number of hydrogen-bond acceptors (Lipinski definition) is 4. The maximum absolute atomic E-state index is 6.03. The van der Waals surface area contributed by atoms with Crippen LogP contribution >= 0.6 is 0 Å². The molecule has 0 amide bonds. The van der Waals surface area contributed by atoms with Crippen molar-refractivity contribution in [1.82, 2.24) is 9.97 Å². The highest BCUT2D eigenvalue weighted by Crippen LogP contribution is 2.30. The summed E-state index contributed by atoms with van der Waals surface area (Å²) in [6.07, 6.45) is 5.08. The molecule has 0 aliphatic heterocycles. The summed E-state index contributed by atoms with van der Waals surface area (Å²) in [5.41, 5.74) is 4.47. The van der Waals surface area contributed by atoms with Crippen LogP contribution in [0.5, 0.6) is 5.75 Å². The van der Waals surface area contributed by atoms with E-state index in [2.05, 4.69) is 30.0 Å². The predicted molar refractivity (Wildman–Crippen MR) is 104 cm³/mol. The van der Waals surface area contributed by atoms with Crippen LogP contribution in [0.2, 0.25) is 13.1 Å². The summed E-state index contributed by atoms with van der Waals surface area (Å²) in [6, 6.07) is 16.1. The van der Waals surface area contributed by atoms with Crippen molar-refractivity contribution < 1.29 is 5.85 Å². The highest BCUT2D eigenvalue weighted by molar-refractivity contribution is 6.49. The topological polar surface area (TPSA) is 47.4 Å². The monoisotopic (exact) mass is 347 g/mol. The van der Waals surface area contributed by atoms with Gasteiger partial charge >= 0.3 is 1.43 Å². The Bertz CT molecular complexity index is 829. The Hall–Kier alpha value is -2.79. The predicted octanol–water partition coefficient (Wildman–Crippen LogP) is 4.70. The summed E-state index contributed by atoms with van der Waals surface area (Å²) in [5, 5.41) is 0. The van der Waals surface area contributed by atoms with E-state index >= 15 is 0 Å². The van der Waals surface area contributed by atoms with Crippen LogP contribution < -0.4 is 4.43 Å². The second-order valence-corrected chi connectivity index (χ2v) is 7.92. The smallest absolute Gasteiger partial charge is 0.541 e. The van der Waals surface area contributed by atoms with Gasteiger partial charge in [-0.3, -0.25) is 9.97 Å². The fourth-order valence-electron chi connectivity index (χ4n) is 2.43. The molecule has 4 nitrogen and oxygen atoms in total. The number of aliphatic imine (C=N–C) groups is 1. The third-order valence-corrected chi connectivity index (χ3v) is 4.14. The van der Waals surface area contributed by atoms with Crippen molar-refractivity contribution >= 4 is 20.4 Å². The molecule has 1 aromatic heterocycles. The maximum Gasteiger partial charge on any atom is 1.00 e. The van der Waals surface area contributed by atoms with E-state index in [4.69, 9.17) is 9.42 Å². The zero-order valence-electron chi connectivity index (χ0n) is 15.6. The standard InChI is InChI=1S/C20H20N3OSi/c1-15-9-10-19(24-25(2)3)17(13-15)23-20(16-7-5-4-6-8-16)18-14-21-11-12-22-18/h4-14H,1-3H3/p+1. The van der Waals surface area contributed by atoms with E-state index < -0.39 is 9.04 Å². The second kappa shape index (κ2) is 7.85. The molecule has 5 heteroatoms. The van der Waals surface area contributed by atoms with Crippen LogP contribution in [0.1, 0.15) is 18.2 Å². The molecule has 0 atom stereocenters. The largest absolute Gasteiger partial charge is 1.00 e. The number of aromatic nitrogens is 2. The van der Waals surface area contributed by atoms with Gasteiger partial charge < -0.3 is 4.43 Å². The van der Waals surface area contributed by atoms with Crippen molar-refractivity contribution in [3.8, 4) is 5.75 Å². The Labute approximate surface area is 151 Å². The van der Waals surface area contributed by atoms with Gasteiger partial charge in [0.05, 0.1) is 11.9 Å². The first-order valence-electron chi connectivity index (χ1n) is 8.12. The van der Waals surface area contributed by atoms with Gasteiger partial charge in [-0.1, -0.05) is 36.4 Å². The fraction of sp³-hybridized carbons (Fsp3) is 0.150. The van der Waals surface area contributed by atoms with Crippen molar-refractivity contribution in [2.75, 3.05) is 0 Å². The molecule has 0 aliphatic carbocycles. The highest BCUT2D eigenvalue weighted by atomic mass is 28.3. The van der Waals surface area contributed by atoms with Crippen LogP contribution in [0, 0.1) is 6.92 Å². The molecule has 0 saturated carbocycles. The average Bonchev–Trinajstić information content (AvgIpc) is 2.63. The third kappa shape index (κ3) is 4.39. The highest BCUT2D eigenvalue weighted by Gasteiger charge is 2.12. The van der Waals surface area contributed by atoms with Gasteiger partial charge in [0.15, 0.2) is 0 Å². The van der Waals surface area contributed by atoms with Crippen molar-refractivity contribution in [3.63, 3.8) is 0 Å². The molecule has 0 spiro atoms. The zero-order valence-corrected chi connectivity index (χ0v) is 15.6. The zero-order chi connectivity index (χ0) is 17.6. The lowest BCUT2D eigenvalue weighted by molar-refractivity contribution is 0.582. The molecule has 0 saturated heterocycles. The molecule has 3 aromatic rings. The lowest BCUT2D eigenvalue weighted by atomic mass is 10.1. The first-order chi connectivity index (χ1) is 12.1. The van der Waals surface area contributed by atoms with E-state index in [1.54, 1.807) is 18.6 Å². The summed E-state index contributed by atoms with van der Waals surface area (Å²) in [7, 11) is -0.882. The van der Waals surface area contributed by atoms with Crippen molar-refractivity contribution in [2.45, 2.75) is 20.0 Å². The third-order valence-electron chi connectivity index (χ3n) is 3.51. The molecule has 3 rings (SSSR count). The number of aryl methyl sites for hydroxylation is 1. The summed E-state index contributed by atoms with van der Waals surface area (Å²) in [4.78, 5) is 13.5. The van der Waals surface area contributed by atoms with Gasteiger partial charge in [-0.15, -0.1) is 0 Å². The quantitative estimate of drug-likeness (QED) is 0.496. The Morgan fingerprint density at radius 3 is 2.56 bits per heavy atom. The Morgan fingerprint density at radius 2 is 1.88 bits per heavy atom. The van der Waals surface area contributed by atoms with Gasteiger partial charge in [-0.2, -0.15) is 0 Å². The minimum atomic E-state index is -0.882. The van der Waals surface area contributed by atoms with Crippen molar-refractivity contribution in [2.24, 2.45) is 4.99 Å². The lowest BCUT2D eigenvalue weighted by Gasteiger charge is -2.13. The number of nitrogens with zero attached hydrogens (tertiary/aromatic N) is 3. The Balaban J connectivity index is 0.00000243. The lowest BCUT2D eigenvalue weighted by Crippen LogP contribution is -2.11. The molecule has 125 valence electrons.